The summed E-state index contributed by atoms with van der Waals surface area (Å²) >= 11 is 0. The molecule has 11 heteroatoms. The Morgan fingerprint density at radius 3 is 2.78 bits per heavy atom. The van der Waals surface area contributed by atoms with Crippen molar-refractivity contribution >= 4 is 45.4 Å². The predicted octanol–water partition coefficient (Wildman–Crippen LogP) is 3.23. The van der Waals surface area contributed by atoms with Crippen LogP contribution < -0.4 is 15.5 Å². The summed E-state index contributed by atoms with van der Waals surface area (Å²) in [5.74, 6) is 1.55. The van der Waals surface area contributed by atoms with Gasteiger partial charge in [0.2, 0.25) is 11.8 Å². The van der Waals surface area contributed by atoms with Crippen LogP contribution in [0.4, 0.5) is 17.5 Å². The van der Waals surface area contributed by atoms with Gasteiger partial charge in [-0.1, -0.05) is 6.92 Å². The van der Waals surface area contributed by atoms with Crippen molar-refractivity contribution in [2.24, 2.45) is 11.8 Å². The Hall–Kier alpha value is -3.86. The molecule has 2 unspecified atom stereocenters. The number of morpholine rings is 1. The van der Waals surface area contributed by atoms with E-state index in [0.717, 1.165) is 25.1 Å². The quantitative estimate of drug-likeness (QED) is 0.431. The van der Waals surface area contributed by atoms with E-state index in [1.807, 2.05) is 13.0 Å². The minimum atomic E-state index is -2.49. The zero-order valence-corrected chi connectivity index (χ0v) is 19.6. The minimum absolute atomic E-state index is 0.0396. The molecule has 3 fully saturated rings. The predicted molar refractivity (Wildman–Crippen MR) is 134 cm³/mol. The first-order chi connectivity index (χ1) is 18.7. The fraction of sp³-hybridized carbons (Fsp3) is 0.440. The van der Waals surface area contributed by atoms with Gasteiger partial charge in [-0.15, -0.1) is 10.2 Å². The molecule has 11 nitrogen and oxygen atoms in total. The molecule has 3 aliphatic rings. The third-order valence-electron chi connectivity index (χ3n) is 7.44. The number of nitrogens with zero attached hydrogens (tertiary/aromatic N) is 6. The molecule has 2 aliphatic heterocycles. The number of rotatable bonds is 5. The Morgan fingerprint density at radius 2 is 2.00 bits per heavy atom. The van der Waals surface area contributed by atoms with Crippen LogP contribution in [0.5, 0.6) is 0 Å². The topological polar surface area (TPSA) is 131 Å². The van der Waals surface area contributed by atoms with Crippen molar-refractivity contribution in [2.45, 2.75) is 38.3 Å². The van der Waals surface area contributed by atoms with Crippen LogP contribution in [-0.2, 0) is 9.53 Å². The summed E-state index contributed by atoms with van der Waals surface area (Å²) in [6, 6.07) is 4.13. The number of pyridine rings is 2. The average Bonchev–Trinajstić information content (AvgIpc) is 3.39. The van der Waals surface area contributed by atoms with Crippen LogP contribution in [0.1, 0.15) is 30.3 Å². The molecule has 2 saturated heterocycles. The van der Waals surface area contributed by atoms with Gasteiger partial charge in [0.05, 0.1) is 37.1 Å². The lowest BCUT2D eigenvalue weighted by molar-refractivity contribution is -0.117. The summed E-state index contributed by atoms with van der Waals surface area (Å²) in [7, 11) is 0. The molecule has 1 aliphatic carbocycles. The van der Waals surface area contributed by atoms with Gasteiger partial charge in [0.1, 0.15) is 16.9 Å². The van der Waals surface area contributed by atoms with Crippen LogP contribution in [0.15, 0.2) is 28.9 Å². The SMILES string of the molecule is [2H]C([2H])([2H])Nc1ncc(-c2nc3cnc(N4C5CCC4COC5)cc3o2)c2cc(NC(=O)[C@H]3C[C@H]3C)nnc12. The molecule has 4 atom stereocenters. The third-order valence-corrected chi connectivity index (χ3v) is 7.44. The summed E-state index contributed by atoms with van der Waals surface area (Å²) in [5, 5.41) is 14.0. The zero-order chi connectivity index (χ0) is 26.9. The molecule has 2 bridgehead atoms. The third kappa shape index (κ3) is 3.45. The molecule has 1 amide bonds. The molecule has 0 aromatic carbocycles. The number of anilines is 3. The average molecular weight is 490 g/mol. The lowest BCUT2D eigenvalue weighted by Gasteiger charge is -2.35. The van der Waals surface area contributed by atoms with E-state index in [4.69, 9.17) is 13.3 Å². The van der Waals surface area contributed by atoms with E-state index in [1.165, 1.54) is 6.20 Å². The second-order valence-corrected chi connectivity index (χ2v) is 9.81. The highest BCUT2D eigenvalue weighted by molar-refractivity contribution is 6.01. The molecule has 7 rings (SSSR count). The largest absolute Gasteiger partial charge is 0.436 e. The summed E-state index contributed by atoms with van der Waals surface area (Å²) in [4.78, 5) is 28.4. The summed E-state index contributed by atoms with van der Waals surface area (Å²) in [6.45, 7) is 0.901. The molecule has 1 saturated carbocycles. The zero-order valence-electron chi connectivity index (χ0n) is 22.6. The second kappa shape index (κ2) is 8.09. The van der Waals surface area contributed by atoms with Crippen molar-refractivity contribution in [3.8, 4) is 11.5 Å². The van der Waals surface area contributed by atoms with Crippen molar-refractivity contribution in [3.05, 3.63) is 24.5 Å². The molecule has 2 N–H and O–H groups in total. The highest BCUT2D eigenvalue weighted by atomic mass is 16.5. The molecule has 0 radical (unpaired) electrons. The number of aromatic nitrogens is 5. The first-order valence-electron chi connectivity index (χ1n) is 13.6. The maximum absolute atomic E-state index is 12.5. The molecule has 4 aromatic heterocycles. The maximum atomic E-state index is 12.5. The van der Waals surface area contributed by atoms with E-state index in [2.05, 4.69) is 40.7 Å². The Kier molecular flexibility index (Phi) is 4.14. The maximum Gasteiger partial charge on any atom is 0.229 e. The molecular formula is C25H26N8O3. The van der Waals surface area contributed by atoms with E-state index in [1.54, 1.807) is 12.3 Å². The Morgan fingerprint density at radius 1 is 1.17 bits per heavy atom. The lowest BCUT2D eigenvalue weighted by atomic mass is 10.1. The van der Waals surface area contributed by atoms with Gasteiger partial charge < -0.3 is 24.7 Å². The second-order valence-electron chi connectivity index (χ2n) is 9.81. The Balaban J connectivity index is 1.29. The standard InChI is InChI=1S/C25H26N8O3/c1-12-5-15(12)24(34)30-20-6-16-17(8-28-23(26-2)22(16)32-31-20)25-29-18-9-27-21(7-19(18)36-25)33-13-3-4-14(33)11-35-10-13/h6-9,12-15H,3-5,10-11H2,1-2H3,(H,26,28)(H,30,31,34)/t12-,13?,14?,15+/m1/s1/i2D3. The van der Waals surface area contributed by atoms with Gasteiger partial charge in [-0.3, -0.25) is 4.79 Å². The van der Waals surface area contributed by atoms with E-state index < -0.39 is 6.98 Å². The molecule has 0 spiro atoms. The fourth-order valence-corrected chi connectivity index (χ4v) is 5.34. The minimum Gasteiger partial charge on any atom is -0.436 e. The van der Waals surface area contributed by atoms with Gasteiger partial charge in [-0.2, -0.15) is 0 Å². The molecular weight excluding hydrogens is 460 g/mol. The monoisotopic (exact) mass is 489 g/mol. The van der Waals surface area contributed by atoms with Crippen LogP contribution >= 0.6 is 0 Å². The van der Waals surface area contributed by atoms with Crippen molar-refractivity contribution < 1.29 is 18.1 Å². The normalized spacial score (nSPS) is 26.5. The van der Waals surface area contributed by atoms with E-state index in [0.29, 0.717) is 53.3 Å². The van der Waals surface area contributed by atoms with Crippen LogP contribution in [-0.4, -0.2) is 63.3 Å². The van der Waals surface area contributed by atoms with Crippen LogP contribution in [0.2, 0.25) is 0 Å². The molecule has 6 heterocycles. The number of oxazole rings is 1. The first-order valence-corrected chi connectivity index (χ1v) is 12.1. The smallest absolute Gasteiger partial charge is 0.229 e. The van der Waals surface area contributed by atoms with E-state index in [-0.39, 0.29) is 34.9 Å². The van der Waals surface area contributed by atoms with E-state index in [9.17, 15) is 4.79 Å². The highest BCUT2D eigenvalue weighted by Crippen LogP contribution is 2.39. The van der Waals surface area contributed by atoms with Gasteiger partial charge in [0.15, 0.2) is 17.2 Å². The Bertz CT molecular complexity index is 1590. The number of carbonyl (C=O) groups is 1. The number of ether oxygens (including phenoxy) is 1. The summed E-state index contributed by atoms with van der Waals surface area (Å²) in [5.41, 5.74) is 1.84. The van der Waals surface area contributed by atoms with Gasteiger partial charge in [-0.25, -0.2) is 15.0 Å². The van der Waals surface area contributed by atoms with Crippen LogP contribution in [0.25, 0.3) is 33.5 Å². The highest BCUT2D eigenvalue weighted by Gasteiger charge is 2.39. The molecule has 36 heavy (non-hydrogen) atoms. The number of carbonyl (C=O) groups excluding carboxylic acids is 1. The van der Waals surface area contributed by atoms with Crippen molar-refractivity contribution in [3.63, 3.8) is 0 Å². The van der Waals surface area contributed by atoms with Crippen molar-refractivity contribution in [1.82, 2.24) is 25.1 Å². The van der Waals surface area contributed by atoms with Crippen molar-refractivity contribution in [2.75, 3.05) is 35.7 Å². The number of hydrogen-bond acceptors (Lipinski definition) is 10. The first kappa shape index (κ1) is 18.4. The van der Waals surface area contributed by atoms with Gasteiger partial charge >= 0.3 is 0 Å². The molecule has 184 valence electrons. The van der Waals surface area contributed by atoms with Gasteiger partial charge in [0, 0.05) is 34.7 Å². The summed E-state index contributed by atoms with van der Waals surface area (Å²) in [6.07, 6.45) is 6.14. The van der Waals surface area contributed by atoms with Crippen LogP contribution in [0, 0.1) is 11.8 Å². The number of fused-ring (bicyclic) bond motifs is 4. The Labute approximate surface area is 210 Å². The lowest BCUT2D eigenvalue weighted by Crippen LogP contribution is -2.46. The molecule has 4 aromatic rings. The summed E-state index contributed by atoms with van der Waals surface area (Å²) < 4.78 is 34.7. The van der Waals surface area contributed by atoms with Crippen molar-refractivity contribution in [1.29, 1.82) is 0 Å². The van der Waals surface area contributed by atoms with Gasteiger partial charge in [0.25, 0.3) is 0 Å². The fourth-order valence-electron chi connectivity index (χ4n) is 5.34. The van der Waals surface area contributed by atoms with Gasteiger partial charge in [-0.05, 0) is 31.2 Å². The van der Waals surface area contributed by atoms with E-state index >= 15 is 0 Å². The van der Waals surface area contributed by atoms with Crippen LogP contribution in [0.3, 0.4) is 0 Å². The number of hydrogen-bond donors (Lipinski definition) is 2. The number of nitrogens with one attached hydrogen (secondary N) is 2. The number of amides is 1.